The van der Waals surface area contributed by atoms with Crippen LogP contribution in [0, 0.1) is 5.82 Å². The highest BCUT2D eigenvalue weighted by Gasteiger charge is 2.33. The van der Waals surface area contributed by atoms with Crippen molar-refractivity contribution < 1.29 is 23.8 Å². The number of aliphatic hydroxyl groups excluding tert-OH is 1. The zero-order valence-corrected chi connectivity index (χ0v) is 16.5. The SMILES string of the molecule is CN(C)CCCNC(=O)C[C@@H]1CC[C@@H](NC(=O)c2ccccc2F)[C@H](CO)O1. The fourth-order valence-electron chi connectivity index (χ4n) is 3.24. The number of aliphatic hydroxyl groups is 1. The van der Waals surface area contributed by atoms with Gasteiger partial charge in [0.1, 0.15) is 11.9 Å². The number of hydrogen-bond acceptors (Lipinski definition) is 5. The van der Waals surface area contributed by atoms with Crippen LogP contribution in [0.2, 0.25) is 0 Å². The molecule has 156 valence electrons. The Morgan fingerprint density at radius 2 is 2.04 bits per heavy atom. The van der Waals surface area contributed by atoms with Crippen molar-refractivity contribution in [3.63, 3.8) is 0 Å². The van der Waals surface area contributed by atoms with E-state index in [1.54, 1.807) is 6.07 Å². The summed E-state index contributed by atoms with van der Waals surface area (Å²) < 4.78 is 19.6. The molecule has 2 rings (SSSR count). The van der Waals surface area contributed by atoms with Gasteiger partial charge in [-0.1, -0.05) is 12.1 Å². The van der Waals surface area contributed by atoms with Gasteiger partial charge in [0, 0.05) is 6.54 Å². The third-order valence-corrected chi connectivity index (χ3v) is 4.75. The lowest BCUT2D eigenvalue weighted by molar-refractivity contribution is -0.130. The molecule has 1 fully saturated rings. The van der Waals surface area contributed by atoms with Crippen LogP contribution in [-0.2, 0) is 9.53 Å². The van der Waals surface area contributed by atoms with E-state index in [2.05, 4.69) is 15.5 Å². The third-order valence-electron chi connectivity index (χ3n) is 4.75. The summed E-state index contributed by atoms with van der Waals surface area (Å²) in [4.78, 5) is 26.4. The van der Waals surface area contributed by atoms with Gasteiger partial charge in [-0.3, -0.25) is 9.59 Å². The molecule has 0 aromatic heterocycles. The van der Waals surface area contributed by atoms with Crippen molar-refractivity contribution in [2.45, 2.75) is 43.9 Å². The van der Waals surface area contributed by atoms with E-state index < -0.39 is 23.9 Å². The second-order valence-electron chi connectivity index (χ2n) is 7.33. The molecule has 1 aliphatic rings. The van der Waals surface area contributed by atoms with Crippen molar-refractivity contribution in [1.82, 2.24) is 15.5 Å². The summed E-state index contributed by atoms with van der Waals surface area (Å²) in [5, 5.41) is 15.2. The minimum absolute atomic E-state index is 0.0431. The van der Waals surface area contributed by atoms with Gasteiger partial charge in [0.2, 0.25) is 5.91 Å². The summed E-state index contributed by atoms with van der Waals surface area (Å²) in [7, 11) is 3.96. The molecular weight excluding hydrogens is 365 g/mol. The quantitative estimate of drug-likeness (QED) is 0.541. The standard InChI is InChI=1S/C20H30FN3O4/c1-24(2)11-5-10-22-19(26)12-14-8-9-17(18(13-25)28-14)23-20(27)15-6-3-4-7-16(15)21/h3-4,6-7,14,17-18,25H,5,8-13H2,1-2H3,(H,22,26)(H,23,27)/t14-,17+,18-/m0/s1. The van der Waals surface area contributed by atoms with Crippen LogP contribution in [-0.4, -0.2) is 73.9 Å². The second kappa shape index (κ2) is 11.1. The molecule has 0 aliphatic carbocycles. The molecule has 1 aromatic carbocycles. The van der Waals surface area contributed by atoms with Crippen molar-refractivity contribution in [1.29, 1.82) is 0 Å². The van der Waals surface area contributed by atoms with Crippen LogP contribution in [0.15, 0.2) is 24.3 Å². The molecule has 3 N–H and O–H groups in total. The van der Waals surface area contributed by atoms with Gasteiger partial charge in [-0.15, -0.1) is 0 Å². The zero-order chi connectivity index (χ0) is 20.5. The molecule has 8 heteroatoms. The molecule has 28 heavy (non-hydrogen) atoms. The minimum atomic E-state index is -0.629. The van der Waals surface area contributed by atoms with E-state index in [1.807, 2.05) is 14.1 Å². The maximum absolute atomic E-state index is 13.8. The molecule has 0 saturated carbocycles. The number of carbonyl (C=O) groups is 2. The monoisotopic (exact) mass is 395 g/mol. The number of hydrogen-bond donors (Lipinski definition) is 3. The summed E-state index contributed by atoms with van der Waals surface area (Å²) in [5.41, 5.74) is -0.0431. The van der Waals surface area contributed by atoms with Crippen molar-refractivity contribution in [3.8, 4) is 0 Å². The van der Waals surface area contributed by atoms with Crippen LogP contribution in [0.4, 0.5) is 4.39 Å². The molecule has 0 unspecified atom stereocenters. The summed E-state index contributed by atoms with van der Waals surface area (Å²) in [6.45, 7) is 1.22. The number of halogens is 1. The minimum Gasteiger partial charge on any atom is -0.394 e. The van der Waals surface area contributed by atoms with Crippen molar-refractivity contribution in [2.24, 2.45) is 0 Å². The Morgan fingerprint density at radius 1 is 1.29 bits per heavy atom. The smallest absolute Gasteiger partial charge is 0.254 e. The summed E-state index contributed by atoms with van der Waals surface area (Å²) >= 11 is 0. The van der Waals surface area contributed by atoms with Gasteiger partial charge in [-0.25, -0.2) is 4.39 Å². The molecule has 1 heterocycles. The van der Waals surface area contributed by atoms with Gasteiger partial charge in [0.25, 0.3) is 5.91 Å². The Kier molecular flexibility index (Phi) is 8.82. The van der Waals surface area contributed by atoms with Crippen LogP contribution < -0.4 is 10.6 Å². The zero-order valence-electron chi connectivity index (χ0n) is 16.5. The lowest BCUT2D eigenvalue weighted by atomic mass is 9.96. The van der Waals surface area contributed by atoms with E-state index in [0.29, 0.717) is 19.4 Å². The van der Waals surface area contributed by atoms with Crippen LogP contribution in [0.25, 0.3) is 0 Å². The Morgan fingerprint density at radius 3 is 2.71 bits per heavy atom. The Bertz CT molecular complexity index is 656. The Labute approximate surface area is 165 Å². The number of benzene rings is 1. The molecular formula is C20H30FN3O4. The van der Waals surface area contributed by atoms with Crippen molar-refractivity contribution in [2.75, 3.05) is 33.8 Å². The van der Waals surface area contributed by atoms with Gasteiger partial charge in [-0.2, -0.15) is 0 Å². The maximum atomic E-state index is 13.8. The van der Waals surface area contributed by atoms with Gasteiger partial charge in [0.15, 0.2) is 0 Å². The predicted molar refractivity (Wildman–Crippen MR) is 103 cm³/mol. The summed E-state index contributed by atoms with van der Waals surface area (Å²) in [6.07, 6.45) is 1.26. The van der Waals surface area contributed by atoms with E-state index >= 15 is 0 Å². The van der Waals surface area contributed by atoms with Crippen molar-refractivity contribution >= 4 is 11.8 Å². The number of carbonyl (C=O) groups excluding carboxylic acids is 2. The number of amides is 2. The van der Waals surface area contributed by atoms with Gasteiger partial charge < -0.3 is 25.4 Å². The fraction of sp³-hybridized carbons (Fsp3) is 0.600. The number of nitrogens with one attached hydrogen (secondary N) is 2. The van der Waals surface area contributed by atoms with Gasteiger partial charge in [0.05, 0.1) is 30.7 Å². The van der Waals surface area contributed by atoms with Crippen molar-refractivity contribution in [3.05, 3.63) is 35.6 Å². The number of rotatable bonds is 9. The van der Waals surface area contributed by atoms with E-state index in [-0.39, 0.29) is 30.6 Å². The Hall–Kier alpha value is -2.03. The first-order valence-corrected chi connectivity index (χ1v) is 9.63. The van der Waals surface area contributed by atoms with E-state index in [1.165, 1.54) is 18.2 Å². The second-order valence-corrected chi connectivity index (χ2v) is 7.33. The molecule has 7 nitrogen and oxygen atoms in total. The maximum Gasteiger partial charge on any atom is 0.254 e. The number of ether oxygens (including phenoxy) is 1. The summed E-state index contributed by atoms with van der Waals surface area (Å²) in [6, 6.07) is 5.31. The largest absolute Gasteiger partial charge is 0.394 e. The molecule has 0 bridgehead atoms. The topological polar surface area (TPSA) is 90.9 Å². The normalized spacial score (nSPS) is 22.1. The highest BCUT2D eigenvalue weighted by molar-refractivity contribution is 5.94. The summed E-state index contributed by atoms with van der Waals surface area (Å²) in [5.74, 6) is -1.22. The highest BCUT2D eigenvalue weighted by Crippen LogP contribution is 2.22. The first kappa shape index (κ1) is 22.3. The molecule has 1 aliphatic heterocycles. The van der Waals surface area contributed by atoms with Crippen LogP contribution in [0.5, 0.6) is 0 Å². The lowest BCUT2D eigenvalue weighted by Crippen LogP contribution is -2.51. The molecule has 2 amide bonds. The first-order chi connectivity index (χ1) is 13.4. The average molecular weight is 395 g/mol. The highest BCUT2D eigenvalue weighted by atomic mass is 19.1. The molecule has 3 atom stereocenters. The first-order valence-electron chi connectivity index (χ1n) is 9.63. The van der Waals surface area contributed by atoms with Crippen LogP contribution in [0.3, 0.4) is 0 Å². The molecule has 1 saturated heterocycles. The predicted octanol–water partition coefficient (Wildman–Crippen LogP) is 0.922. The van der Waals surface area contributed by atoms with E-state index in [0.717, 1.165) is 13.0 Å². The van der Waals surface area contributed by atoms with Gasteiger partial charge >= 0.3 is 0 Å². The fourth-order valence-corrected chi connectivity index (χ4v) is 3.24. The van der Waals surface area contributed by atoms with E-state index in [4.69, 9.17) is 4.74 Å². The third kappa shape index (κ3) is 6.85. The average Bonchev–Trinajstić information content (AvgIpc) is 2.66. The molecule has 0 radical (unpaired) electrons. The van der Waals surface area contributed by atoms with Crippen LogP contribution in [0.1, 0.15) is 36.0 Å². The van der Waals surface area contributed by atoms with Gasteiger partial charge in [-0.05, 0) is 52.0 Å². The Balaban J connectivity index is 1.80. The van der Waals surface area contributed by atoms with Crippen LogP contribution >= 0.6 is 0 Å². The molecule has 0 spiro atoms. The number of nitrogens with zero attached hydrogens (tertiary/aromatic N) is 1. The lowest BCUT2D eigenvalue weighted by Gasteiger charge is -2.36. The molecule has 1 aromatic rings. The van der Waals surface area contributed by atoms with E-state index in [9.17, 15) is 19.1 Å².